The lowest BCUT2D eigenvalue weighted by atomic mass is 10.0. The van der Waals surface area contributed by atoms with E-state index in [9.17, 15) is 9.90 Å². The van der Waals surface area contributed by atoms with Gasteiger partial charge in [0.05, 0.1) is 6.61 Å². The highest BCUT2D eigenvalue weighted by atomic mass is 28.4. The van der Waals surface area contributed by atoms with Crippen LogP contribution in [-0.4, -0.2) is 39.2 Å². The van der Waals surface area contributed by atoms with E-state index in [4.69, 9.17) is 9.16 Å². The van der Waals surface area contributed by atoms with E-state index < -0.39 is 8.32 Å². The second-order valence-electron chi connectivity index (χ2n) is 7.26. The first-order chi connectivity index (χ1) is 10.0. The van der Waals surface area contributed by atoms with E-state index >= 15 is 0 Å². The molecule has 1 N–H and O–H groups in total. The summed E-state index contributed by atoms with van der Waals surface area (Å²) in [5.41, 5.74) is 0.561. The van der Waals surface area contributed by atoms with Crippen molar-refractivity contribution < 1.29 is 19.1 Å². The lowest BCUT2D eigenvalue weighted by molar-refractivity contribution is -0.138. The maximum atomic E-state index is 11.6. The minimum atomic E-state index is -1.70. The fourth-order valence-corrected chi connectivity index (χ4v) is 2.87. The molecular formula is C17H34O4Si. The summed E-state index contributed by atoms with van der Waals surface area (Å²) >= 11 is 0. The second-order valence-corrected chi connectivity index (χ2v) is 12.1. The van der Waals surface area contributed by atoms with Gasteiger partial charge in [0, 0.05) is 24.7 Å². The minimum absolute atomic E-state index is 0.0209. The second kappa shape index (κ2) is 9.48. The van der Waals surface area contributed by atoms with Gasteiger partial charge in [-0.1, -0.05) is 26.8 Å². The first-order valence-electron chi connectivity index (χ1n) is 8.15. The van der Waals surface area contributed by atoms with Crippen molar-refractivity contribution in [1.29, 1.82) is 0 Å². The van der Waals surface area contributed by atoms with E-state index in [-0.39, 0.29) is 23.5 Å². The Hall–Kier alpha value is -0.653. The van der Waals surface area contributed by atoms with Crippen LogP contribution in [0.5, 0.6) is 0 Å². The smallest absolute Gasteiger partial charge is 0.333 e. The predicted molar refractivity (Wildman–Crippen MR) is 93.3 cm³/mol. The number of ether oxygens (including phenoxy) is 1. The average Bonchev–Trinajstić information content (AvgIpc) is 2.40. The Kier molecular flexibility index (Phi) is 9.20. The summed E-state index contributed by atoms with van der Waals surface area (Å²) in [6.07, 6.45) is 3.50. The summed E-state index contributed by atoms with van der Waals surface area (Å²) in [7, 11) is -1.70. The largest absolute Gasteiger partial charge is 0.463 e. The molecule has 0 aliphatic heterocycles. The Balaban J connectivity index is 4.33. The van der Waals surface area contributed by atoms with Gasteiger partial charge < -0.3 is 14.3 Å². The zero-order valence-electron chi connectivity index (χ0n) is 15.4. The van der Waals surface area contributed by atoms with Gasteiger partial charge >= 0.3 is 5.97 Å². The summed E-state index contributed by atoms with van der Waals surface area (Å²) in [5, 5.41) is 9.66. The lowest BCUT2D eigenvalue weighted by Gasteiger charge is -2.36. The van der Waals surface area contributed by atoms with Gasteiger partial charge in [-0.15, -0.1) is 0 Å². The van der Waals surface area contributed by atoms with E-state index in [1.165, 1.54) is 0 Å². The maximum Gasteiger partial charge on any atom is 0.333 e. The van der Waals surface area contributed by atoms with Crippen LogP contribution in [0.15, 0.2) is 11.6 Å². The molecule has 130 valence electrons. The molecule has 0 spiro atoms. The van der Waals surface area contributed by atoms with Crippen molar-refractivity contribution in [3.8, 4) is 0 Å². The van der Waals surface area contributed by atoms with Crippen molar-refractivity contribution >= 4 is 14.3 Å². The molecule has 4 nitrogen and oxygen atoms in total. The molecule has 0 aliphatic carbocycles. The first kappa shape index (κ1) is 21.3. The van der Waals surface area contributed by atoms with Crippen LogP contribution in [0.25, 0.3) is 0 Å². The number of carbonyl (C=O) groups excluding carboxylic acids is 1. The molecule has 0 aromatic rings. The molecule has 22 heavy (non-hydrogen) atoms. The summed E-state index contributed by atoms with van der Waals surface area (Å²) in [4.78, 5) is 11.6. The van der Waals surface area contributed by atoms with E-state index in [1.54, 1.807) is 13.8 Å². The predicted octanol–water partition coefficient (Wildman–Crippen LogP) is 3.91. The summed E-state index contributed by atoms with van der Waals surface area (Å²) in [6, 6.07) is 0. The zero-order valence-corrected chi connectivity index (χ0v) is 16.4. The summed E-state index contributed by atoms with van der Waals surface area (Å²) < 4.78 is 11.1. The van der Waals surface area contributed by atoms with Gasteiger partial charge in [0.25, 0.3) is 0 Å². The molecule has 0 aromatic heterocycles. The van der Waals surface area contributed by atoms with E-state index in [2.05, 4.69) is 33.9 Å². The number of esters is 1. The number of hydrogen-bond donors (Lipinski definition) is 1. The first-order valence-corrected chi connectivity index (χ1v) is 11.1. The normalized spacial score (nSPS) is 14.8. The van der Waals surface area contributed by atoms with Gasteiger partial charge in [-0.05, 0) is 44.8 Å². The molecule has 0 heterocycles. The quantitative estimate of drug-likeness (QED) is 0.301. The third-order valence-corrected chi connectivity index (χ3v) is 8.84. The third kappa shape index (κ3) is 7.56. The Bertz CT molecular complexity index is 369. The number of carbonyl (C=O) groups is 1. The molecule has 0 rings (SSSR count). The van der Waals surface area contributed by atoms with E-state index in [0.29, 0.717) is 18.8 Å². The summed E-state index contributed by atoms with van der Waals surface area (Å²) in [5.74, 6) is -0.328. The number of rotatable bonds is 9. The van der Waals surface area contributed by atoms with Crippen LogP contribution < -0.4 is 0 Å². The SMILES string of the molecule is CCOC(=O)/C(C)=C/[C@@H](CO)CCCO[Si](C)(C)C(C)(C)C. The standard InChI is InChI=1S/C17H34O4Si/c1-8-20-16(19)14(2)12-15(13-18)10-9-11-21-22(6,7)17(3,4)5/h12,15,18H,8-11,13H2,1-7H3/b14-12+/t15-/m0/s1. The van der Waals surface area contributed by atoms with Crippen LogP contribution in [0.2, 0.25) is 18.1 Å². The molecule has 0 amide bonds. The maximum absolute atomic E-state index is 11.6. The molecule has 0 saturated heterocycles. The highest BCUT2D eigenvalue weighted by molar-refractivity contribution is 6.74. The van der Waals surface area contributed by atoms with E-state index in [0.717, 1.165) is 12.8 Å². The van der Waals surface area contributed by atoms with Crippen molar-refractivity contribution in [2.45, 2.75) is 65.6 Å². The molecular weight excluding hydrogens is 296 g/mol. The molecule has 0 saturated carbocycles. The van der Waals surface area contributed by atoms with Gasteiger partial charge in [0.2, 0.25) is 0 Å². The number of aliphatic hydroxyl groups excluding tert-OH is 1. The Morgan fingerprint density at radius 3 is 2.36 bits per heavy atom. The topological polar surface area (TPSA) is 55.8 Å². The highest BCUT2D eigenvalue weighted by Gasteiger charge is 2.36. The highest BCUT2D eigenvalue weighted by Crippen LogP contribution is 2.36. The van der Waals surface area contributed by atoms with Gasteiger partial charge in [0.1, 0.15) is 0 Å². The molecule has 0 aliphatic rings. The summed E-state index contributed by atoms with van der Waals surface area (Å²) in [6.45, 7) is 15.8. The molecule has 0 aromatic carbocycles. The average molecular weight is 331 g/mol. The molecule has 0 bridgehead atoms. The molecule has 1 atom stereocenters. The van der Waals surface area contributed by atoms with Crippen LogP contribution >= 0.6 is 0 Å². The van der Waals surface area contributed by atoms with Gasteiger partial charge in [0.15, 0.2) is 8.32 Å². The molecule has 5 heteroatoms. The number of aliphatic hydroxyl groups is 1. The van der Waals surface area contributed by atoms with Crippen LogP contribution in [0, 0.1) is 5.92 Å². The number of hydrogen-bond acceptors (Lipinski definition) is 4. The van der Waals surface area contributed by atoms with Crippen molar-refractivity contribution in [2.75, 3.05) is 19.8 Å². The van der Waals surface area contributed by atoms with Gasteiger partial charge in [-0.2, -0.15) is 0 Å². The third-order valence-electron chi connectivity index (χ3n) is 4.31. The Morgan fingerprint density at radius 2 is 1.91 bits per heavy atom. The Labute approximate surface area is 137 Å². The van der Waals surface area contributed by atoms with Crippen molar-refractivity contribution in [2.24, 2.45) is 5.92 Å². The van der Waals surface area contributed by atoms with Gasteiger partial charge in [-0.3, -0.25) is 0 Å². The van der Waals surface area contributed by atoms with Crippen molar-refractivity contribution in [3.05, 3.63) is 11.6 Å². The van der Waals surface area contributed by atoms with E-state index in [1.807, 2.05) is 6.08 Å². The van der Waals surface area contributed by atoms with Crippen LogP contribution in [-0.2, 0) is 14.0 Å². The van der Waals surface area contributed by atoms with Crippen LogP contribution in [0.3, 0.4) is 0 Å². The minimum Gasteiger partial charge on any atom is -0.463 e. The molecule has 0 fully saturated rings. The molecule has 0 unspecified atom stereocenters. The van der Waals surface area contributed by atoms with Crippen LogP contribution in [0.1, 0.15) is 47.5 Å². The fourth-order valence-electron chi connectivity index (χ4n) is 1.78. The lowest BCUT2D eigenvalue weighted by Crippen LogP contribution is -2.41. The van der Waals surface area contributed by atoms with Crippen LogP contribution in [0.4, 0.5) is 0 Å². The van der Waals surface area contributed by atoms with Gasteiger partial charge in [-0.25, -0.2) is 4.79 Å². The van der Waals surface area contributed by atoms with Crippen molar-refractivity contribution in [3.63, 3.8) is 0 Å². The monoisotopic (exact) mass is 330 g/mol. The fraction of sp³-hybridized carbons (Fsp3) is 0.824. The Morgan fingerprint density at radius 1 is 1.32 bits per heavy atom. The zero-order chi connectivity index (χ0) is 17.4. The molecule has 0 radical (unpaired) electrons. The van der Waals surface area contributed by atoms with Crippen molar-refractivity contribution in [1.82, 2.24) is 0 Å².